The second-order valence-corrected chi connectivity index (χ2v) is 4.71. The Balaban J connectivity index is 2.02. The van der Waals surface area contributed by atoms with E-state index in [0.717, 1.165) is 31.0 Å². The van der Waals surface area contributed by atoms with E-state index < -0.39 is 0 Å². The number of aromatic nitrogens is 2. The summed E-state index contributed by atoms with van der Waals surface area (Å²) in [5, 5.41) is 17.4. The van der Waals surface area contributed by atoms with Crippen LogP contribution >= 0.6 is 0 Å². The van der Waals surface area contributed by atoms with Crippen LogP contribution in [0.2, 0.25) is 0 Å². The molecule has 0 aromatic carbocycles. The molecule has 1 aromatic heterocycles. The van der Waals surface area contributed by atoms with Crippen LogP contribution in [0.3, 0.4) is 0 Å². The summed E-state index contributed by atoms with van der Waals surface area (Å²) in [7, 11) is 4.04. The van der Waals surface area contributed by atoms with Gasteiger partial charge in [-0.1, -0.05) is 0 Å². The highest BCUT2D eigenvalue weighted by atomic mass is 16.3. The summed E-state index contributed by atoms with van der Waals surface area (Å²) in [6.07, 6.45) is 1.16. The van der Waals surface area contributed by atoms with Gasteiger partial charge in [0.1, 0.15) is 0 Å². The Bertz CT molecular complexity index is 354. The Hall–Kier alpha value is -1.20. The molecule has 5 heteroatoms. The standard InChI is InChI=1S/C12H20N4O/c1-15-6-5-10(9-15)11-3-4-12(14-13-11)16(2)7-8-17/h3-4,10,17H,5-9H2,1-2H3. The highest BCUT2D eigenvalue weighted by Crippen LogP contribution is 2.24. The zero-order valence-corrected chi connectivity index (χ0v) is 10.5. The number of hydrogen-bond donors (Lipinski definition) is 1. The van der Waals surface area contributed by atoms with Crippen LogP contribution in [0.4, 0.5) is 5.82 Å². The van der Waals surface area contributed by atoms with Crippen molar-refractivity contribution >= 4 is 5.82 Å². The van der Waals surface area contributed by atoms with Crippen molar-refractivity contribution < 1.29 is 5.11 Å². The monoisotopic (exact) mass is 236 g/mol. The van der Waals surface area contributed by atoms with E-state index in [1.54, 1.807) is 0 Å². The molecule has 1 fully saturated rings. The number of rotatable bonds is 4. The normalized spacial score (nSPS) is 20.8. The van der Waals surface area contributed by atoms with Gasteiger partial charge in [0.15, 0.2) is 5.82 Å². The molecule has 0 radical (unpaired) electrons. The molecule has 1 unspecified atom stereocenters. The Morgan fingerprint density at radius 2 is 2.29 bits per heavy atom. The van der Waals surface area contributed by atoms with E-state index in [1.807, 2.05) is 18.0 Å². The summed E-state index contributed by atoms with van der Waals surface area (Å²) in [6.45, 7) is 2.92. The first-order chi connectivity index (χ1) is 8.20. The molecule has 0 saturated carbocycles. The van der Waals surface area contributed by atoms with E-state index in [1.165, 1.54) is 0 Å². The maximum absolute atomic E-state index is 8.86. The summed E-state index contributed by atoms with van der Waals surface area (Å²) < 4.78 is 0. The van der Waals surface area contributed by atoms with Crippen LogP contribution in [0.5, 0.6) is 0 Å². The molecule has 2 heterocycles. The Labute approximate surface area is 102 Å². The van der Waals surface area contributed by atoms with Gasteiger partial charge in [-0.3, -0.25) is 0 Å². The third-order valence-corrected chi connectivity index (χ3v) is 3.31. The molecule has 1 atom stereocenters. The zero-order chi connectivity index (χ0) is 12.3. The molecule has 5 nitrogen and oxygen atoms in total. The predicted octanol–water partition coefficient (Wildman–Crippen LogP) is 0.324. The lowest BCUT2D eigenvalue weighted by Gasteiger charge is -2.16. The second kappa shape index (κ2) is 5.42. The van der Waals surface area contributed by atoms with E-state index in [9.17, 15) is 0 Å². The topological polar surface area (TPSA) is 52.5 Å². The van der Waals surface area contributed by atoms with Crippen LogP contribution in [0.15, 0.2) is 12.1 Å². The molecular formula is C12H20N4O. The van der Waals surface area contributed by atoms with Crippen molar-refractivity contribution in [1.29, 1.82) is 0 Å². The number of nitrogens with zero attached hydrogens (tertiary/aromatic N) is 4. The fourth-order valence-electron chi connectivity index (χ4n) is 2.20. The van der Waals surface area contributed by atoms with Crippen molar-refractivity contribution in [2.75, 3.05) is 45.2 Å². The van der Waals surface area contributed by atoms with Crippen LogP contribution in [-0.2, 0) is 0 Å². The third kappa shape index (κ3) is 2.92. The third-order valence-electron chi connectivity index (χ3n) is 3.31. The first-order valence-corrected chi connectivity index (χ1v) is 6.05. The van der Waals surface area contributed by atoms with Crippen molar-refractivity contribution in [3.63, 3.8) is 0 Å². The summed E-state index contributed by atoms with van der Waals surface area (Å²) in [4.78, 5) is 4.22. The fraction of sp³-hybridized carbons (Fsp3) is 0.667. The maximum atomic E-state index is 8.86. The fourth-order valence-corrected chi connectivity index (χ4v) is 2.20. The molecule has 0 spiro atoms. The summed E-state index contributed by atoms with van der Waals surface area (Å²) in [6, 6.07) is 4.04. The predicted molar refractivity (Wildman–Crippen MR) is 67.2 cm³/mol. The average Bonchev–Trinajstić information content (AvgIpc) is 2.76. The van der Waals surface area contributed by atoms with E-state index in [0.29, 0.717) is 12.5 Å². The van der Waals surface area contributed by atoms with Crippen LogP contribution in [0.25, 0.3) is 0 Å². The van der Waals surface area contributed by atoms with Gasteiger partial charge in [0.2, 0.25) is 0 Å². The van der Waals surface area contributed by atoms with Crippen molar-refractivity contribution in [3.05, 3.63) is 17.8 Å². The van der Waals surface area contributed by atoms with Gasteiger partial charge in [-0.05, 0) is 32.1 Å². The van der Waals surface area contributed by atoms with Gasteiger partial charge in [-0.2, -0.15) is 5.10 Å². The number of likely N-dealkylation sites (N-methyl/N-ethyl adjacent to an activating group) is 2. The van der Waals surface area contributed by atoms with Gasteiger partial charge in [0.25, 0.3) is 0 Å². The number of hydrogen-bond acceptors (Lipinski definition) is 5. The highest BCUT2D eigenvalue weighted by molar-refractivity contribution is 5.36. The van der Waals surface area contributed by atoms with Crippen LogP contribution < -0.4 is 4.90 Å². The van der Waals surface area contributed by atoms with Crippen LogP contribution in [0.1, 0.15) is 18.0 Å². The molecule has 17 heavy (non-hydrogen) atoms. The smallest absolute Gasteiger partial charge is 0.151 e. The summed E-state index contributed by atoms with van der Waals surface area (Å²) >= 11 is 0. The number of likely N-dealkylation sites (tertiary alicyclic amines) is 1. The van der Waals surface area contributed by atoms with E-state index in [-0.39, 0.29) is 6.61 Å². The first kappa shape index (κ1) is 12.3. The Morgan fingerprint density at radius 3 is 2.82 bits per heavy atom. The number of anilines is 1. The molecule has 0 amide bonds. The second-order valence-electron chi connectivity index (χ2n) is 4.71. The summed E-state index contributed by atoms with van der Waals surface area (Å²) in [5.74, 6) is 1.33. The largest absolute Gasteiger partial charge is 0.395 e. The minimum Gasteiger partial charge on any atom is -0.395 e. The maximum Gasteiger partial charge on any atom is 0.151 e. The SMILES string of the molecule is CN1CCC(c2ccc(N(C)CCO)nn2)C1. The van der Waals surface area contributed by atoms with Gasteiger partial charge in [0.05, 0.1) is 12.3 Å². The van der Waals surface area contributed by atoms with Crippen molar-refractivity contribution in [3.8, 4) is 0 Å². The molecule has 1 aromatic rings. The van der Waals surface area contributed by atoms with Gasteiger partial charge < -0.3 is 14.9 Å². The van der Waals surface area contributed by atoms with E-state index in [4.69, 9.17) is 5.11 Å². The Morgan fingerprint density at radius 1 is 1.47 bits per heavy atom. The molecule has 1 N–H and O–H groups in total. The number of aliphatic hydroxyl groups excluding tert-OH is 1. The molecule has 0 aliphatic carbocycles. The molecule has 94 valence electrons. The molecule has 0 bridgehead atoms. The molecule has 1 aliphatic rings. The molecular weight excluding hydrogens is 216 g/mol. The van der Waals surface area contributed by atoms with Gasteiger partial charge in [0, 0.05) is 26.1 Å². The summed E-state index contributed by atoms with van der Waals surface area (Å²) in [5.41, 5.74) is 1.08. The van der Waals surface area contributed by atoms with Crippen LogP contribution in [-0.4, -0.2) is 60.5 Å². The number of aliphatic hydroxyl groups is 1. The van der Waals surface area contributed by atoms with Crippen LogP contribution in [0, 0.1) is 0 Å². The molecule has 1 saturated heterocycles. The minimum atomic E-state index is 0.132. The zero-order valence-electron chi connectivity index (χ0n) is 10.5. The van der Waals surface area contributed by atoms with Crippen molar-refractivity contribution in [1.82, 2.24) is 15.1 Å². The lowest BCUT2D eigenvalue weighted by atomic mass is 10.1. The van der Waals surface area contributed by atoms with Gasteiger partial charge in [-0.25, -0.2) is 0 Å². The van der Waals surface area contributed by atoms with Gasteiger partial charge >= 0.3 is 0 Å². The lowest BCUT2D eigenvalue weighted by Crippen LogP contribution is -2.22. The minimum absolute atomic E-state index is 0.132. The lowest BCUT2D eigenvalue weighted by molar-refractivity contribution is 0.303. The highest BCUT2D eigenvalue weighted by Gasteiger charge is 2.22. The first-order valence-electron chi connectivity index (χ1n) is 6.05. The molecule has 2 rings (SSSR count). The van der Waals surface area contributed by atoms with Gasteiger partial charge in [-0.15, -0.1) is 5.10 Å². The quantitative estimate of drug-likeness (QED) is 0.816. The van der Waals surface area contributed by atoms with E-state index in [2.05, 4.69) is 28.2 Å². The van der Waals surface area contributed by atoms with E-state index >= 15 is 0 Å². The Kier molecular flexibility index (Phi) is 3.91. The molecule has 1 aliphatic heterocycles. The average molecular weight is 236 g/mol. The van der Waals surface area contributed by atoms with Crippen molar-refractivity contribution in [2.45, 2.75) is 12.3 Å². The van der Waals surface area contributed by atoms with Crippen molar-refractivity contribution in [2.24, 2.45) is 0 Å².